The molecule has 0 fully saturated rings. The summed E-state index contributed by atoms with van der Waals surface area (Å²) >= 11 is 0. The molecule has 0 heterocycles. The molecule has 0 radical (unpaired) electrons. The van der Waals surface area contributed by atoms with Crippen LogP contribution >= 0.6 is 0 Å². The average Bonchev–Trinajstić information content (AvgIpc) is 2.41. The van der Waals surface area contributed by atoms with E-state index >= 15 is 0 Å². The number of hydrogen-bond acceptors (Lipinski definition) is 5. The first-order valence-corrected chi connectivity index (χ1v) is 6.64. The Hall–Kier alpha value is -1.14. The fraction of sp³-hybridized carbons (Fsp3) is 0.571. The fourth-order valence-electron chi connectivity index (χ4n) is 1.59. The molecule has 0 aliphatic heterocycles. The van der Waals surface area contributed by atoms with E-state index < -0.39 is 0 Å². The van der Waals surface area contributed by atoms with Crippen LogP contribution in [-0.2, 0) is 6.54 Å². The predicted octanol–water partition coefficient (Wildman–Crippen LogP) is 0.118. The lowest BCUT2D eigenvalue weighted by Gasteiger charge is -2.09. The summed E-state index contributed by atoms with van der Waals surface area (Å²) in [5, 5.41) is 24.2. The molecule has 0 saturated heterocycles. The lowest BCUT2D eigenvalue weighted by Crippen LogP contribution is -2.31. The van der Waals surface area contributed by atoms with Gasteiger partial charge in [0.05, 0.1) is 12.7 Å². The Morgan fingerprint density at radius 1 is 1.16 bits per heavy atom. The molecular formula is C14H24N2O3. The highest BCUT2D eigenvalue weighted by atomic mass is 16.5. The smallest absolute Gasteiger partial charge is 0.119 e. The van der Waals surface area contributed by atoms with Gasteiger partial charge >= 0.3 is 0 Å². The lowest BCUT2D eigenvalue weighted by atomic mass is 10.2. The normalized spacial score (nSPS) is 12.4. The van der Waals surface area contributed by atoms with Gasteiger partial charge in [-0.25, -0.2) is 0 Å². The van der Waals surface area contributed by atoms with Crippen molar-refractivity contribution in [2.24, 2.45) is 0 Å². The highest BCUT2D eigenvalue weighted by molar-refractivity contribution is 5.27. The lowest BCUT2D eigenvalue weighted by molar-refractivity contribution is 0.191. The molecule has 5 heteroatoms. The van der Waals surface area contributed by atoms with E-state index in [1.165, 1.54) is 5.56 Å². The van der Waals surface area contributed by atoms with Crippen molar-refractivity contribution in [1.29, 1.82) is 0 Å². The monoisotopic (exact) mass is 268 g/mol. The predicted molar refractivity (Wildman–Crippen MR) is 75.3 cm³/mol. The zero-order valence-corrected chi connectivity index (χ0v) is 11.4. The molecule has 0 bridgehead atoms. The van der Waals surface area contributed by atoms with E-state index in [4.69, 9.17) is 14.9 Å². The molecule has 0 aliphatic carbocycles. The quantitative estimate of drug-likeness (QED) is 0.454. The van der Waals surface area contributed by atoms with E-state index in [2.05, 4.69) is 10.6 Å². The standard InChI is InChI=1S/C14H24N2O3/c1-12(18)10-15-6-7-16-11-13-2-4-14(5-3-13)19-9-8-17/h2-5,12,15-18H,6-11H2,1H3/t12-/m0/s1. The maximum Gasteiger partial charge on any atom is 0.119 e. The van der Waals surface area contributed by atoms with Crippen molar-refractivity contribution < 1.29 is 14.9 Å². The topological polar surface area (TPSA) is 73.8 Å². The zero-order valence-electron chi connectivity index (χ0n) is 11.4. The number of rotatable bonds is 10. The first-order chi connectivity index (χ1) is 9.22. The van der Waals surface area contributed by atoms with Crippen LogP contribution in [-0.4, -0.2) is 49.2 Å². The first-order valence-electron chi connectivity index (χ1n) is 6.64. The summed E-state index contributed by atoms with van der Waals surface area (Å²) in [5.41, 5.74) is 1.19. The minimum atomic E-state index is -0.300. The van der Waals surface area contributed by atoms with Crippen LogP contribution in [0.15, 0.2) is 24.3 Å². The summed E-state index contributed by atoms with van der Waals surface area (Å²) in [6.07, 6.45) is -0.300. The van der Waals surface area contributed by atoms with E-state index in [1.54, 1.807) is 6.92 Å². The summed E-state index contributed by atoms with van der Waals surface area (Å²) in [4.78, 5) is 0. The maximum atomic E-state index is 9.06. The van der Waals surface area contributed by atoms with Gasteiger partial charge in [-0.15, -0.1) is 0 Å². The van der Waals surface area contributed by atoms with E-state index in [0.29, 0.717) is 13.2 Å². The van der Waals surface area contributed by atoms with Gasteiger partial charge in [0.1, 0.15) is 12.4 Å². The van der Waals surface area contributed by atoms with Gasteiger partial charge in [-0.3, -0.25) is 0 Å². The number of hydrogen-bond donors (Lipinski definition) is 4. The molecule has 0 aromatic heterocycles. The second-order valence-electron chi connectivity index (χ2n) is 4.45. The third-order valence-electron chi connectivity index (χ3n) is 2.53. The van der Waals surface area contributed by atoms with Crippen LogP contribution in [0.2, 0.25) is 0 Å². The summed E-state index contributed by atoms with van der Waals surface area (Å²) in [7, 11) is 0. The van der Waals surface area contributed by atoms with Gasteiger partial charge < -0.3 is 25.6 Å². The Morgan fingerprint density at radius 2 is 1.84 bits per heavy atom. The SMILES string of the molecule is C[C@H](O)CNCCNCc1ccc(OCCO)cc1. The Morgan fingerprint density at radius 3 is 2.47 bits per heavy atom. The molecule has 5 nitrogen and oxygen atoms in total. The van der Waals surface area contributed by atoms with Crippen LogP contribution in [0.25, 0.3) is 0 Å². The Bertz CT molecular complexity index is 328. The molecule has 0 aliphatic rings. The van der Waals surface area contributed by atoms with Gasteiger partial charge in [-0.1, -0.05) is 12.1 Å². The molecule has 4 N–H and O–H groups in total. The van der Waals surface area contributed by atoms with E-state index in [-0.39, 0.29) is 12.7 Å². The third-order valence-corrected chi connectivity index (χ3v) is 2.53. The fourth-order valence-corrected chi connectivity index (χ4v) is 1.59. The Kier molecular flexibility index (Phi) is 8.16. The van der Waals surface area contributed by atoms with Crippen molar-refractivity contribution in [2.75, 3.05) is 32.8 Å². The van der Waals surface area contributed by atoms with Gasteiger partial charge in [0, 0.05) is 26.2 Å². The zero-order chi connectivity index (χ0) is 13.9. The van der Waals surface area contributed by atoms with Crippen LogP contribution in [0.1, 0.15) is 12.5 Å². The van der Waals surface area contributed by atoms with Gasteiger partial charge in [0.25, 0.3) is 0 Å². The van der Waals surface area contributed by atoms with Crippen LogP contribution in [0.5, 0.6) is 5.75 Å². The Labute approximate surface area is 114 Å². The molecular weight excluding hydrogens is 244 g/mol. The average molecular weight is 268 g/mol. The van der Waals surface area contributed by atoms with Gasteiger partial charge in [-0.2, -0.15) is 0 Å². The summed E-state index contributed by atoms with van der Waals surface area (Å²) in [6.45, 7) is 5.24. The molecule has 19 heavy (non-hydrogen) atoms. The molecule has 0 saturated carbocycles. The largest absolute Gasteiger partial charge is 0.491 e. The minimum Gasteiger partial charge on any atom is -0.491 e. The van der Waals surface area contributed by atoms with E-state index in [9.17, 15) is 0 Å². The van der Waals surface area contributed by atoms with Crippen molar-refractivity contribution in [3.8, 4) is 5.75 Å². The minimum absolute atomic E-state index is 0.0305. The molecule has 1 aromatic carbocycles. The van der Waals surface area contributed by atoms with Crippen LogP contribution in [0.3, 0.4) is 0 Å². The van der Waals surface area contributed by atoms with Crippen molar-refractivity contribution in [3.05, 3.63) is 29.8 Å². The first kappa shape index (κ1) is 15.9. The van der Waals surface area contributed by atoms with Gasteiger partial charge in [-0.05, 0) is 24.6 Å². The molecule has 0 spiro atoms. The number of nitrogens with one attached hydrogen (secondary N) is 2. The number of benzene rings is 1. The molecule has 1 rings (SSSR count). The molecule has 1 atom stereocenters. The Balaban J connectivity index is 2.12. The summed E-state index contributed by atoms with van der Waals surface area (Å²) in [5.74, 6) is 0.774. The van der Waals surface area contributed by atoms with Crippen molar-refractivity contribution in [3.63, 3.8) is 0 Å². The van der Waals surface area contributed by atoms with Crippen LogP contribution < -0.4 is 15.4 Å². The molecule has 0 amide bonds. The number of aliphatic hydroxyl groups excluding tert-OH is 2. The summed E-state index contributed by atoms with van der Waals surface area (Å²) in [6, 6.07) is 7.81. The highest BCUT2D eigenvalue weighted by Crippen LogP contribution is 2.11. The highest BCUT2D eigenvalue weighted by Gasteiger charge is 1.96. The number of ether oxygens (including phenoxy) is 1. The molecule has 108 valence electrons. The van der Waals surface area contributed by atoms with Gasteiger partial charge in [0.15, 0.2) is 0 Å². The van der Waals surface area contributed by atoms with E-state index in [0.717, 1.165) is 25.4 Å². The van der Waals surface area contributed by atoms with Crippen LogP contribution in [0.4, 0.5) is 0 Å². The van der Waals surface area contributed by atoms with Crippen molar-refractivity contribution in [1.82, 2.24) is 10.6 Å². The maximum absolute atomic E-state index is 9.06. The van der Waals surface area contributed by atoms with Gasteiger partial charge in [0.2, 0.25) is 0 Å². The van der Waals surface area contributed by atoms with Crippen molar-refractivity contribution >= 4 is 0 Å². The summed E-state index contributed by atoms with van der Waals surface area (Å²) < 4.78 is 5.29. The third kappa shape index (κ3) is 7.79. The second-order valence-corrected chi connectivity index (χ2v) is 4.45. The van der Waals surface area contributed by atoms with Crippen molar-refractivity contribution in [2.45, 2.75) is 19.6 Å². The molecule has 0 unspecified atom stereocenters. The van der Waals surface area contributed by atoms with Crippen LogP contribution in [0, 0.1) is 0 Å². The molecule has 1 aromatic rings. The second kappa shape index (κ2) is 9.75. The van der Waals surface area contributed by atoms with E-state index in [1.807, 2.05) is 24.3 Å². The number of aliphatic hydroxyl groups is 2.